The van der Waals surface area contributed by atoms with Gasteiger partial charge in [0.15, 0.2) is 4.80 Å². The summed E-state index contributed by atoms with van der Waals surface area (Å²) in [5.74, 6) is 0.105. The van der Waals surface area contributed by atoms with Gasteiger partial charge in [-0.15, -0.1) is 0 Å². The maximum absolute atomic E-state index is 14.1. The first-order valence-electron chi connectivity index (χ1n) is 13.1. The Bertz CT molecular complexity index is 1810. The Morgan fingerprint density at radius 1 is 1.07 bits per heavy atom. The Kier molecular flexibility index (Phi) is 7.83. The van der Waals surface area contributed by atoms with Crippen molar-refractivity contribution in [2.45, 2.75) is 40.7 Å². The number of carbonyl (C=O) groups excluding carboxylic acids is 1. The molecule has 0 fully saturated rings. The fourth-order valence-corrected chi connectivity index (χ4v) is 6.31. The van der Waals surface area contributed by atoms with Gasteiger partial charge in [-0.2, -0.15) is 0 Å². The zero-order valence-corrected chi connectivity index (χ0v) is 24.6. The minimum atomic E-state index is -0.735. The number of benzene rings is 2. The zero-order valence-electron chi connectivity index (χ0n) is 23.0. The van der Waals surface area contributed by atoms with Gasteiger partial charge in [-0.1, -0.05) is 41.1 Å². The van der Waals surface area contributed by atoms with Gasteiger partial charge in [-0.25, -0.2) is 9.79 Å². The van der Waals surface area contributed by atoms with Gasteiger partial charge in [-0.05, 0) is 82.7 Å². The SMILES string of the molecule is CCOC(=O)C1=C(C)N=c2s/c(=C\c3cc(C)n(-c4ccc(Cl)cc4)c3C)c(=O)n2[C@H]1c1ccccc1OCC. The highest BCUT2D eigenvalue weighted by molar-refractivity contribution is 7.07. The summed E-state index contributed by atoms with van der Waals surface area (Å²) in [7, 11) is 0. The van der Waals surface area contributed by atoms with E-state index >= 15 is 0 Å². The number of fused-ring (bicyclic) bond motifs is 1. The lowest BCUT2D eigenvalue weighted by molar-refractivity contribution is -0.139. The van der Waals surface area contributed by atoms with Gasteiger partial charge in [0.05, 0.1) is 29.0 Å². The molecule has 0 saturated heterocycles. The Hall–Kier alpha value is -3.88. The van der Waals surface area contributed by atoms with Crippen LogP contribution in [0.15, 0.2) is 75.7 Å². The number of halogens is 1. The fourth-order valence-electron chi connectivity index (χ4n) is 5.14. The number of aromatic nitrogens is 2. The van der Waals surface area contributed by atoms with Crippen LogP contribution in [0, 0.1) is 13.8 Å². The lowest BCUT2D eigenvalue weighted by atomic mass is 9.95. The number of nitrogens with zero attached hydrogens (tertiary/aromatic N) is 3. The van der Waals surface area contributed by atoms with Crippen molar-refractivity contribution in [3.63, 3.8) is 0 Å². The molecule has 0 N–H and O–H groups in total. The Balaban J connectivity index is 1.71. The summed E-state index contributed by atoms with van der Waals surface area (Å²) in [6, 6.07) is 16.4. The maximum Gasteiger partial charge on any atom is 0.338 e. The van der Waals surface area contributed by atoms with Crippen molar-refractivity contribution in [1.82, 2.24) is 9.13 Å². The predicted octanol–water partition coefficient (Wildman–Crippen LogP) is 5.26. The Morgan fingerprint density at radius 2 is 1.80 bits per heavy atom. The van der Waals surface area contributed by atoms with E-state index in [2.05, 4.69) is 15.6 Å². The van der Waals surface area contributed by atoms with Crippen LogP contribution in [0.2, 0.25) is 5.02 Å². The average molecular weight is 576 g/mol. The summed E-state index contributed by atoms with van der Waals surface area (Å²) < 4.78 is 15.6. The predicted molar refractivity (Wildman–Crippen MR) is 158 cm³/mol. The molecule has 4 aromatic rings. The third-order valence-corrected chi connectivity index (χ3v) is 8.11. The average Bonchev–Trinajstić information content (AvgIpc) is 3.38. The van der Waals surface area contributed by atoms with Crippen LogP contribution in [0.3, 0.4) is 0 Å². The van der Waals surface area contributed by atoms with E-state index in [1.165, 1.54) is 11.3 Å². The standard InChI is InChI=1S/C31H30ClN3O4S/c1-6-38-25-11-9-8-10-24(25)28-27(30(37)39-7-2)19(4)33-31-35(28)29(36)26(40-31)17-21-16-18(3)34(20(21)5)23-14-12-22(32)13-15-23/h8-17,28H,6-7H2,1-5H3/b26-17-/t28-/m0/s1. The third kappa shape index (κ3) is 4.93. The van der Waals surface area contributed by atoms with Gasteiger partial charge >= 0.3 is 5.97 Å². The molecule has 0 radical (unpaired) electrons. The van der Waals surface area contributed by atoms with Gasteiger partial charge in [0.25, 0.3) is 5.56 Å². The van der Waals surface area contributed by atoms with Crippen molar-refractivity contribution >= 4 is 35.0 Å². The second kappa shape index (κ2) is 11.3. The van der Waals surface area contributed by atoms with E-state index in [1.807, 2.05) is 75.4 Å². The van der Waals surface area contributed by atoms with Crippen LogP contribution in [-0.4, -0.2) is 28.3 Å². The Morgan fingerprint density at radius 3 is 2.50 bits per heavy atom. The molecule has 0 amide bonds. The number of ether oxygens (including phenoxy) is 2. The molecule has 1 atom stereocenters. The molecule has 7 nitrogen and oxygen atoms in total. The number of rotatable bonds is 7. The van der Waals surface area contributed by atoms with Crippen molar-refractivity contribution in [3.8, 4) is 11.4 Å². The summed E-state index contributed by atoms with van der Waals surface area (Å²) in [5, 5.41) is 0.672. The van der Waals surface area contributed by atoms with Crippen LogP contribution in [-0.2, 0) is 9.53 Å². The molecule has 9 heteroatoms. The molecule has 40 heavy (non-hydrogen) atoms. The molecule has 2 aromatic carbocycles. The summed E-state index contributed by atoms with van der Waals surface area (Å²) in [5.41, 5.74) is 5.25. The van der Waals surface area contributed by atoms with E-state index in [-0.39, 0.29) is 12.2 Å². The molecule has 5 rings (SSSR count). The Labute approximate surface area is 241 Å². The van der Waals surface area contributed by atoms with Gasteiger partial charge < -0.3 is 14.0 Å². The van der Waals surface area contributed by atoms with Gasteiger partial charge in [0.2, 0.25) is 0 Å². The number of carbonyl (C=O) groups is 1. The van der Waals surface area contributed by atoms with E-state index in [9.17, 15) is 9.59 Å². The second-order valence-electron chi connectivity index (χ2n) is 9.41. The van der Waals surface area contributed by atoms with Crippen molar-refractivity contribution in [2.24, 2.45) is 4.99 Å². The number of aryl methyl sites for hydroxylation is 1. The molecule has 1 aliphatic rings. The third-order valence-electron chi connectivity index (χ3n) is 6.87. The number of thiazole rings is 1. The second-order valence-corrected chi connectivity index (χ2v) is 10.9. The largest absolute Gasteiger partial charge is 0.494 e. The van der Waals surface area contributed by atoms with E-state index in [0.29, 0.717) is 43.5 Å². The summed E-state index contributed by atoms with van der Waals surface area (Å²) in [6.07, 6.45) is 1.90. The van der Waals surface area contributed by atoms with Gasteiger partial charge in [0, 0.05) is 27.7 Å². The molecular formula is C31H30ClN3O4S. The quantitative estimate of drug-likeness (QED) is 0.282. The number of hydrogen-bond acceptors (Lipinski definition) is 6. The van der Waals surface area contributed by atoms with Crippen molar-refractivity contribution in [2.75, 3.05) is 13.2 Å². The molecule has 0 aliphatic carbocycles. The molecule has 206 valence electrons. The van der Waals surface area contributed by atoms with E-state index in [0.717, 1.165) is 22.6 Å². The molecule has 0 spiro atoms. The number of para-hydroxylation sites is 1. The van der Waals surface area contributed by atoms with Crippen LogP contribution in [0.4, 0.5) is 0 Å². The number of hydrogen-bond donors (Lipinski definition) is 0. The molecule has 1 aliphatic heterocycles. The topological polar surface area (TPSA) is 74.8 Å². The van der Waals surface area contributed by atoms with E-state index in [4.69, 9.17) is 21.1 Å². The summed E-state index contributed by atoms with van der Waals surface area (Å²) >= 11 is 7.40. The molecule has 2 aromatic heterocycles. The molecule has 0 saturated carbocycles. The fraction of sp³-hybridized carbons (Fsp3) is 0.258. The van der Waals surface area contributed by atoms with E-state index < -0.39 is 12.0 Å². The number of esters is 1. The van der Waals surface area contributed by atoms with Crippen LogP contribution in [0.5, 0.6) is 5.75 Å². The van der Waals surface area contributed by atoms with Crippen LogP contribution < -0.4 is 19.6 Å². The highest BCUT2D eigenvalue weighted by atomic mass is 35.5. The minimum Gasteiger partial charge on any atom is -0.494 e. The normalized spacial score (nSPS) is 15.2. The first kappa shape index (κ1) is 27.7. The highest BCUT2D eigenvalue weighted by Gasteiger charge is 2.35. The zero-order chi connectivity index (χ0) is 28.6. The van der Waals surface area contributed by atoms with Crippen molar-refractivity contribution in [3.05, 3.63) is 113 Å². The van der Waals surface area contributed by atoms with E-state index in [1.54, 1.807) is 18.4 Å². The van der Waals surface area contributed by atoms with Crippen molar-refractivity contribution < 1.29 is 14.3 Å². The first-order chi connectivity index (χ1) is 19.2. The monoisotopic (exact) mass is 575 g/mol. The first-order valence-corrected chi connectivity index (χ1v) is 14.3. The molecule has 0 bridgehead atoms. The lowest BCUT2D eigenvalue weighted by Crippen LogP contribution is -2.40. The van der Waals surface area contributed by atoms with Crippen LogP contribution >= 0.6 is 22.9 Å². The molecule has 0 unspecified atom stereocenters. The summed E-state index contributed by atoms with van der Waals surface area (Å²) in [4.78, 5) is 32.5. The lowest BCUT2D eigenvalue weighted by Gasteiger charge is -2.26. The van der Waals surface area contributed by atoms with Crippen molar-refractivity contribution in [1.29, 1.82) is 0 Å². The maximum atomic E-state index is 14.1. The summed E-state index contributed by atoms with van der Waals surface area (Å²) in [6.45, 7) is 10.1. The van der Waals surface area contributed by atoms with Crippen LogP contribution in [0.1, 0.15) is 49.3 Å². The molecule has 3 heterocycles. The number of allylic oxidation sites excluding steroid dienone is 1. The molecular weight excluding hydrogens is 546 g/mol. The highest BCUT2D eigenvalue weighted by Crippen LogP contribution is 2.36. The minimum absolute atomic E-state index is 0.211. The van der Waals surface area contributed by atoms with Crippen LogP contribution in [0.25, 0.3) is 11.8 Å². The van der Waals surface area contributed by atoms with Gasteiger partial charge in [-0.3, -0.25) is 9.36 Å². The van der Waals surface area contributed by atoms with Gasteiger partial charge in [0.1, 0.15) is 11.8 Å². The smallest absolute Gasteiger partial charge is 0.338 e.